The van der Waals surface area contributed by atoms with Crippen molar-refractivity contribution in [2.75, 3.05) is 6.61 Å². The molecule has 1 unspecified atom stereocenters. The lowest BCUT2D eigenvalue weighted by Gasteiger charge is -2.37. The molecule has 0 spiro atoms. The second kappa shape index (κ2) is 22.8. The Morgan fingerprint density at radius 1 is 0.600 bits per heavy atom. The van der Waals surface area contributed by atoms with Gasteiger partial charge < -0.3 is 9.47 Å². The third kappa shape index (κ3) is 12.8. The van der Waals surface area contributed by atoms with Crippen molar-refractivity contribution in [2.45, 2.75) is 128 Å². The predicted octanol–water partition coefficient (Wildman–Crippen LogP) is 12.9. The molecule has 0 aromatic heterocycles. The minimum absolute atomic E-state index is 0.207. The van der Waals surface area contributed by atoms with Crippen molar-refractivity contribution >= 4 is 0 Å². The Morgan fingerprint density at radius 2 is 1.04 bits per heavy atom. The normalized spacial score (nSPS) is 12.1. The van der Waals surface area contributed by atoms with Crippen LogP contribution in [0.3, 0.4) is 0 Å². The monoisotopic (exact) mass is 675 g/mol. The molecule has 0 saturated heterocycles. The molecule has 3 nitrogen and oxygen atoms in total. The molecule has 266 valence electrons. The highest BCUT2D eigenvalue weighted by Gasteiger charge is 2.38. The van der Waals surface area contributed by atoms with Crippen LogP contribution in [0.15, 0.2) is 109 Å². The fourth-order valence-electron chi connectivity index (χ4n) is 6.96. The fourth-order valence-corrected chi connectivity index (χ4v) is 6.96. The molecule has 0 radical (unpaired) electrons. The van der Waals surface area contributed by atoms with Crippen molar-refractivity contribution in [3.05, 3.63) is 143 Å². The van der Waals surface area contributed by atoms with Gasteiger partial charge in [0.15, 0.2) is 0 Å². The fraction of sp³-hybridized carbons (Fsp3) is 0.457. The van der Waals surface area contributed by atoms with E-state index in [1.807, 2.05) is 18.2 Å². The van der Waals surface area contributed by atoms with Gasteiger partial charge >= 0.3 is 0 Å². The first-order valence-electron chi connectivity index (χ1n) is 19.3. The molecule has 0 aliphatic heterocycles. The zero-order valence-corrected chi connectivity index (χ0v) is 30.3. The maximum Gasteiger partial charge on any atom is 0.143 e. The van der Waals surface area contributed by atoms with Gasteiger partial charge in [-0.2, -0.15) is 5.26 Å². The summed E-state index contributed by atoms with van der Waals surface area (Å²) in [5.41, 5.74) is 3.26. The molecule has 0 fully saturated rings. The molecule has 0 saturated carbocycles. The highest BCUT2D eigenvalue weighted by molar-refractivity contribution is 5.47. The van der Waals surface area contributed by atoms with E-state index < -0.39 is 11.4 Å². The summed E-state index contributed by atoms with van der Waals surface area (Å²) in [4.78, 5) is 0. The largest absolute Gasteiger partial charge is 0.371 e. The van der Waals surface area contributed by atoms with Gasteiger partial charge in [-0.25, -0.2) is 4.39 Å². The van der Waals surface area contributed by atoms with E-state index in [1.54, 1.807) is 6.07 Å². The molecule has 4 aromatic rings. The number of rotatable bonds is 25. The second-order valence-corrected chi connectivity index (χ2v) is 13.7. The van der Waals surface area contributed by atoms with Crippen molar-refractivity contribution in [3.63, 3.8) is 0 Å². The van der Waals surface area contributed by atoms with Gasteiger partial charge in [0.05, 0.1) is 31.0 Å². The van der Waals surface area contributed by atoms with E-state index in [0.717, 1.165) is 36.0 Å². The number of benzene rings is 4. The van der Waals surface area contributed by atoms with Gasteiger partial charge in [-0.1, -0.05) is 194 Å². The summed E-state index contributed by atoms with van der Waals surface area (Å²) in [6.45, 7) is 2.85. The van der Waals surface area contributed by atoms with Crippen LogP contribution in [0, 0.1) is 17.1 Å². The summed E-state index contributed by atoms with van der Waals surface area (Å²) in [7, 11) is 0. The molecule has 4 aromatic carbocycles. The summed E-state index contributed by atoms with van der Waals surface area (Å²) >= 11 is 0. The maximum atomic E-state index is 14.3. The molecule has 1 atom stereocenters. The van der Waals surface area contributed by atoms with Gasteiger partial charge in [0.1, 0.15) is 11.4 Å². The molecule has 0 N–H and O–H groups in total. The molecule has 0 bridgehead atoms. The summed E-state index contributed by atoms with van der Waals surface area (Å²) in [5, 5.41) is 9.39. The third-order valence-electron chi connectivity index (χ3n) is 9.73. The van der Waals surface area contributed by atoms with Gasteiger partial charge in [-0.3, -0.25) is 0 Å². The van der Waals surface area contributed by atoms with Gasteiger partial charge in [-0.15, -0.1) is 0 Å². The first-order chi connectivity index (χ1) is 24.7. The van der Waals surface area contributed by atoms with Gasteiger partial charge in [0, 0.05) is 0 Å². The number of ether oxygens (including phenoxy) is 2. The molecule has 0 amide bonds. The van der Waals surface area contributed by atoms with Crippen LogP contribution in [-0.2, 0) is 21.7 Å². The van der Waals surface area contributed by atoms with E-state index in [2.05, 4.69) is 85.8 Å². The number of hydrogen-bond donors (Lipinski definition) is 0. The van der Waals surface area contributed by atoms with Crippen LogP contribution < -0.4 is 0 Å². The number of nitrogens with zero attached hydrogens (tertiary/aromatic N) is 1. The smallest absolute Gasteiger partial charge is 0.143 e. The number of unbranched alkanes of at least 4 members (excludes halogenated alkanes) is 14. The van der Waals surface area contributed by atoms with Gasteiger partial charge in [0.25, 0.3) is 0 Å². The maximum absolute atomic E-state index is 14.3. The standard InChI is InChI=1S/C46H58FNO2/c1-2-3-4-5-6-7-8-9-10-11-12-13-14-15-25-32-45(49-37-40-33-39(36-48)34-44(47)35-40)38-50-46(41-26-19-16-20-27-41,42-28-21-17-22-29-42)43-30-23-18-24-31-43/h16-24,26-31,33-35,45H,2-15,25,32,37-38H2,1H3. The van der Waals surface area contributed by atoms with Gasteiger partial charge in [-0.05, 0) is 46.9 Å². The van der Waals surface area contributed by atoms with E-state index >= 15 is 0 Å². The highest BCUT2D eigenvalue weighted by Crippen LogP contribution is 2.40. The average molecular weight is 676 g/mol. The van der Waals surface area contributed by atoms with Crippen LogP contribution in [0.5, 0.6) is 0 Å². The van der Waals surface area contributed by atoms with Crippen LogP contribution in [0.1, 0.15) is 137 Å². The Balaban J connectivity index is 1.37. The van der Waals surface area contributed by atoms with Crippen molar-refractivity contribution in [3.8, 4) is 6.07 Å². The van der Waals surface area contributed by atoms with Crippen molar-refractivity contribution in [2.24, 2.45) is 0 Å². The van der Waals surface area contributed by atoms with E-state index in [-0.39, 0.29) is 12.7 Å². The van der Waals surface area contributed by atoms with E-state index in [1.165, 1.54) is 95.6 Å². The molecule has 4 heteroatoms. The van der Waals surface area contributed by atoms with E-state index in [4.69, 9.17) is 9.47 Å². The Labute approximate surface area is 301 Å². The molecule has 0 aliphatic carbocycles. The van der Waals surface area contributed by atoms with Crippen LogP contribution in [0.2, 0.25) is 0 Å². The predicted molar refractivity (Wildman–Crippen MR) is 204 cm³/mol. The summed E-state index contributed by atoms with van der Waals surface area (Å²) in [6, 6.07) is 37.6. The van der Waals surface area contributed by atoms with E-state index in [9.17, 15) is 9.65 Å². The SMILES string of the molecule is CCCCCCCCCCCCCCCCCC(COC(c1ccccc1)(c1ccccc1)c1ccccc1)OCc1cc(F)cc(C#N)c1. The first kappa shape index (κ1) is 39.0. The average Bonchev–Trinajstić information content (AvgIpc) is 3.16. The molecule has 4 rings (SSSR count). The van der Waals surface area contributed by atoms with E-state index in [0.29, 0.717) is 17.7 Å². The minimum Gasteiger partial charge on any atom is -0.371 e. The Hall–Kier alpha value is -3.78. The molecular formula is C46H58FNO2. The number of nitriles is 1. The van der Waals surface area contributed by atoms with Crippen LogP contribution in [0.4, 0.5) is 4.39 Å². The quantitative estimate of drug-likeness (QED) is 0.0519. The lowest BCUT2D eigenvalue weighted by molar-refractivity contribution is -0.0731. The zero-order chi connectivity index (χ0) is 35.1. The van der Waals surface area contributed by atoms with Crippen LogP contribution in [-0.4, -0.2) is 12.7 Å². The van der Waals surface area contributed by atoms with Crippen LogP contribution in [0.25, 0.3) is 0 Å². The number of halogens is 1. The summed E-state index contributed by atoms with van der Waals surface area (Å²) < 4.78 is 27.9. The lowest BCUT2D eigenvalue weighted by Crippen LogP contribution is -2.36. The third-order valence-corrected chi connectivity index (χ3v) is 9.73. The number of hydrogen-bond acceptors (Lipinski definition) is 3. The zero-order valence-electron chi connectivity index (χ0n) is 30.3. The van der Waals surface area contributed by atoms with Crippen LogP contribution >= 0.6 is 0 Å². The van der Waals surface area contributed by atoms with Crippen molar-refractivity contribution in [1.82, 2.24) is 0 Å². The van der Waals surface area contributed by atoms with Crippen molar-refractivity contribution in [1.29, 1.82) is 5.26 Å². The molecule has 0 heterocycles. The molecule has 0 aliphatic rings. The minimum atomic E-state index is -0.840. The highest BCUT2D eigenvalue weighted by atomic mass is 19.1. The molecular weight excluding hydrogens is 618 g/mol. The van der Waals surface area contributed by atoms with Crippen molar-refractivity contribution < 1.29 is 13.9 Å². The van der Waals surface area contributed by atoms with Gasteiger partial charge in [0.2, 0.25) is 0 Å². The lowest BCUT2D eigenvalue weighted by atomic mass is 9.80. The summed E-state index contributed by atoms with van der Waals surface area (Å²) in [5.74, 6) is -0.422. The Bertz CT molecular complexity index is 1410. The summed E-state index contributed by atoms with van der Waals surface area (Å²) in [6.07, 6.45) is 20.4. The second-order valence-electron chi connectivity index (χ2n) is 13.7. The Morgan fingerprint density at radius 3 is 1.48 bits per heavy atom. The Kier molecular flexibility index (Phi) is 17.8. The topological polar surface area (TPSA) is 42.2 Å². The first-order valence-corrected chi connectivity index (χ1v) is 19.3. The molecule has 50 heavy (non-hydrogen) atoms.